The maximum Gasteiger partial charge on any atom is 0.253 e. The van der Waals surface area contributed by atoms with Crippen molar-refractivity contribution in [2.45, 2.75) is 12.8 Å². The molecule has 1 aromatic rings. The van der Waals surface area contributed by atoms with Crippen LogP contribution in [0, 0.1) is 5.92 Å². The summed E-state index contributed by atoms with van der Waals surface area (Å²) in [4.78, 5) is 14.2. The number of anilines is 1. The maximum atomic E-state index is 12.4. The molecule has 2 rings (SSSR count). The van der Waals surface area contributed by atoms with E-state index in [1.807, 2.05) is 7.05 Å². The van der Waals surface area contributed by atoms with Crippen molar-refractivity contribution in [2.24, 2.45) is 5.92 Å². The van der Waals surface area contributed by atoms with E-state index in [0.29, 0.717) is 22.9 Å². The van der Waals surface area contributed by atoms with Gasteiger partial charge in [0.2, 0.25) is 0 Å². The lowest BCUT2D eigenvalue weighted by molar-refractivity contribution is 0.0497. The topological polar surface area (TPSA) is 64.8 Å². The van der Waals surface area contributed by atoms with Crippen LogP contribution in [0.4, 0.5) is 5.69 Å². The van der Waals surface area contributed by atoms with Gasteiger partial charge < -0.3 is 20.1 Å². The molecule has 0 atom stereocenters. The second kappa shape index (κ2) is 6.61. The molecule has 1 heterocycles. The van der Waals surface area contributed by atoms with Crippen molar-refractivity contribution in [3.05, 3.63) is 23.8 Å². The standard InChI is InChI=1S/C15H22N2O3/c1-17(10-11-5-7-20-8-6-11)15(18)12-3-4-13(16)14(9-12)19-2/h3-4,9,11H,5-8,10,16H2,1-2H3. The third-order valence-corrected chi connectivity index (χ3v) is 3.70. The van der Waals surface area contributed by atoms with E-state index in [4.69, 9.17) is 15.2 Å². The van der Waals surface area contributed by atoms with Crippen LogP contribution >= 0.6 is 0 Å². The van der Waals surface area contributed by atoms with E-state index in [1.54, 1.807) is 30.2 Å². The normalized spacial score (nSPS) is 15.9. The van der Waals surface area contributed by atoms with Crippen LogP contribution in [0.2, 0.25) is 0 Å². The highest BCUT2D eigenvalue weighted by molar-refractivity contribution is 5.95. The molecule has 0 unspecified atom stereocenters. The number of nitrogens with two attached hydrogens (primary N) is 1. The Kier molecular flexibility index (Phi) is 4.84. The molecular weight excluding hydrogens is 256 g/mol. The molecule has 0 radical (unpaired) electrons. The van der Waals surface area contributed by atoms with Crippen molar-refractivity contribution in [2.75, 3.05) is 39.6 Å². The first-order chi connectivity index (χ1) is 9.61. The van der Waals surface area contributed by atoms with E-state index in [2.05, 4.69) is 0 Å². The van der Waals surface area contributed by atoms with Crippen molar-refractivity contribution in [1.82, 2.24) is 4.90 Å². The lowest BCUT2D eigenvalue weighted by Gasteiger charge is -2.27. The molecule has 2 N–H and O–H groups in total. The Labute approximate surface area is 119 Å². The Hall–Kier alpha value is -1.75. The molecular formula is C15H22N2O3. The van der Waals surface area contributed by atoms with E-state index in [1.165, 1.54) is 0 Å². The van der Waals surface area contributed by atoms with Crippen LogP contribution in [0.1, 0.15) is 23.2 Å². The lowest BCUT2D eigenvalue weighted by atomic mass is 9.99. The Morgan fingerprint density at radius 2 is 2.15 bits per heavy atom. The summed E-state index contributed by atoms with van der Waals surface area (Å²) in [5.74, 6) is 1.05. The first-order valence-electron chi connectivity index (χ1n) is 6.88. The van der Waals surface area contributed by atoms with E-state index in [9.17, 15) is 4.79 Å². The number of hydrogen-bond donors (Lipinski definition) is 1. The largest absolute Gasteiger partial charge is 0.495 e. The van der Waals surface area contributed by atoms with Crippen molar-refractivity contribution in [3.8, 4) is 5.75 Å². The van der Waals surface area contributed by atoms with Gasteiger partial charge in [-0.2, -0.15) is 0 Å². The summed E-state index contributed by atoms with van der Waals surface area (Å²) in [5, 5.41) is 0. The first-order valence-corrected chi connectivity index (χ1v) is 6.88. The molecule has 0 bridgehead atoms. The van der Waals surface area contributed by atoms with Gasteiger partial charge in [0.15, 0.2) is 0 Å². The average molecular weight is 278 g/mol. The van der Waals surface area contributed by atoms with Crippen LogP contribution in [0.25, 0.3) is 0 Å². The number of benzene rings is 1. The molecule has 1 aliphatic rings. The Bertz CT molecular complexity index is 470. The van der Waals surface area contributed by atoms with Gasteiger partial charge in [0.05, 0.1) is 12.8 Å². The van der Waals surface area contributed by atoms with Gasteiger partial charge in [-0.15, -0.1) is 0 Å². The van der Waals surface area contributed by atoms with Crippen molar-refractivity contribution >= 4 is 11.6 Å². The van der Waals surface area contributed by atoms with Gasteiger partial charge >= 0.3 is 0 Å². The molecule has 1 aromatic carbocycles. The van der Waals surface area contributed by atoms with Gasteiger partial charge in [-0.1, -0.05) is 0 Å². The van der Waals surface area contributed by atoms with E-state index in [0.717, 1.165) is 32.6 Å². The third-order valence-electron chi connectivity index (χ3n) is 3.70. The van der Waals surface area contributed by atoms with Crippen LogP contribution in [-0.2, 0) is 4.74 Å². The van der Waals surface area contributed by atoms with Gasteiger partial charge in [0, 0.05) is 32.4 Å². The average Bonchev–Trinajstić information content (AvgIpc) is 2.48. The van der Waals surface area contributed by atoms with E-state index in [-0.39, 0.29) is 5.91 Å². The predicted octanol–water partition coefficient (Wildman–Crippen LogP) is 1.78. The molecule has 0 aliphatic carbocycles. The minimum Gasteiger partial charge on any atom is -0.495 e. The van der Waals surface area contributed by atoms with Gasteiger partial charge in [-0.3, -0.25) is 4.79 Å². The predicted molar refractivity (Wildman–Crippen MR) is 77.9 cm³/mol. The Morgan fingerprint density at radius 3 is 2.80 bits per heavy atom. The number of carbonyl (C=O) groups is 1. The molecule has 110 valence electrons. The van der Waals surface area contributed by atoms with E-state index >= 15 is 0 Å². The summed E-state index contributed by atoms with van der Waals surface area (Å²) in [6.45, 7) is 2.35. The summed E-state index contributed by atoms with van der Waals surface area (Å²) < 4.78 is 10.5. The second-order valence-electron chi connectivity index (χ2n) is 5.20. The number of carbonyl (C=O) groups excluding carboxylic acids is 1. The number of nitrogens with zero attached hydrogens (tertiary/aromatic N) is 1. The summed E-state index contributed by atoms with van der Waals surface area (Å²) in [6.07, 6.45) is 2.03. The van der Waals surface area contributed by atoms with Gasteiger partial charge in [-0.05, 0) is 37.0 Å². The zero-order chi connectivity index (χ0) is 14.5. The Morgan fingerprint density at radius 1 is 1.45 bits per heavy atom. The second-order valence-corrected chi connectivity index (χ2v) is 5.20. The van der Waals surface area contributed by atoms with Crippen molar-refractivity contribution in [3.63, 3.8) is 0 Å². The molecule has 1 aliphatic heterocycles. The molecule has 0 aromatic heterocycles. The summed E-state index contributed by atoms with van der Waals surface area (Å²) >= 11 is 0. The van der Waals surface area contributed by atoms with Crippen molar-refractivity contribution < 1.29 is 14.3 Å². The molecule has 1 saturated heterocycles. The number of methoxy groups -OCH3 is 1. The van der Waals surface area contributed by atoms with E-state index < -0.39 is 0 Å². The first kappa shape index (κ1) is 14.7. The molecule has 20 heavy (non-hydrogen) atoms. The molecule has 0 spiro atoms. The number of rotatable bonds is 4. The number of amides is 1. The maximum absolute atomic E-state index is 12.4. The van der Waals surface area contributed by atoms with Crippen LogP contribution in [0.5, 0.6) is 5.75 Å². The van der Waals surface area contributed by atoms with Crippen LogP contribution in [0.15, 0.2) is 18.2 Å². The fourth-order valence-electron chi connectivity index (χ4n) is 2.46. The third kappa shape index (κ3) is 3.42. The fraction of sp³-hybridized carbons (Fsp3) is 0.533. The van der Waals surface area contributed by atoms with Gasteiger partial charge in [-0.25, -0.2) is 0 Å². The van der Waals surface area contributed by atoms with Crippen LogP contribution in [0.3, 0.4) is 0 Å². The fourth-order valence-corrected chi connectivity index (χ4v) is 2.46. The molecule has 1 fully saturated rings. The summed E-state index contributed by atoms with van der Waals surface area (Å²) in [5.41, 5.74) is 6.90. The minimum atomic E-state index is -0.00482. The van der Waals surface area contributed by atoms with Crippen molar-refractivity contribution in [1.29, 1.82) is 0 Å². The molecule has 5 heteroatoms. The molecule has 0 saturated carbocycles. The smallest absolute Gasteiger partial charge is 0.253 e. The van der Waals surface area contributed by atoms with Crippen LogP contribution < -0.4 is 10.5 Å². The number of hydrogen-bond acceptors (Lipinski definition) is 4. The highest BCUT2D eigenvalue weighted by atomic mass is 16.5. The molecule has 5 nitrogen and oxygen atoms in total. The lowest BCUT2D eigenvalue weighted by Crippen LogP contribution is -2.34. The Balaban J connectivity index is 2.02. The van der Waals surface area contributed by atoms with Gasteiger partial charge in [0.1, 0.15) is 5.75 Å². The zero-order valence-corrected chi connectivity index (χ0v) is 12.1. The molecule has 1 amide bonds. The zero-order valence-electron chi connectivity index (χ0n) is 12.1. The number of ether oxygens (including phenoxy) is 2. The monoisotopic (exact) mass is 278 g/mol. The highest BCUT2D eigenvalue weighted by Crippen LogP contribution is 2.23. The van der Waals surface area contributed by atoms with Gasteiger partial charge in [0.25, 0.3) is 5.91 Å². The minimum absolute atomic E-state index is 0.00482. The number of nitrogen functional groups attached to an aromatic ring is 1. The quantitative estimate of drug-likeness (QED) is 0.853. The summed E-state index contributed by atoms with van der Waals surface area (Å²) in [6, 6.07) is 5.13. The van der Waals surface area contributed by atoms with Crippen LogP contribution in [-0.4, -0.2) is 44.7 Å². The summed E-state index contributed by atoms with van der Waals surface area (Å²) in [7, 11) is 3.38. The SMILES string of the molecule is COc1cc(C(=O)N(C)CC2CCOCC2)ccc1N. The highest BCUT2D eigenvalue weighted by Gasteiger charge is 2.20.